The first-order valence-electron chi connectivity index (χ1n) is 6.21. The number of rotatable bonds is 4. The molecule has 0 radical (unpaired) electrons. The summed E-state index contributed by atoms with van der Waals surface area (Å²) in [4.78, 5) is 15.5. The number of fused-ring (bicyclic) bond motifs is 2. The first-order valence-corrected chi connectivity index (χ1v) is 7.41. The van der Waals surface area contributed by atoms with E-state index in [4.69, 9.17) is 11.6 Å². The minimum atomic E-state index is -0.656. The first kappa shape index (κ1) is 12.4. The maximum absolute atomic E-state index is 11.3. The Labute approximate surface area is 114 Å². The van der Waals surface area contributed by atoms with Crippen LogP contribution in [0.25, 0.3) is 0 Å². The second-order valence-electron chi connectivity index (χ2n) is 5.16. The normalized spacial score (nSPS) is 34.1. The Balaban J connectivity index is 1.66. The van der Waals surface area contributed by atoms with Crippen LogP contribution in [0, 0.1) is 17.8 Å². The highest BCUT2D eigenvalue weighted by Crippen LogP contribution is 2.48. The molecule has 18 heavy (non-hydrogen) atoms. The number of aromatic nitrogens is 1. The molecule has 2 fully saturated rings. The molecule has 2 aliphatic rings. The number of carboxylic acid groups (broad SMARTS) is 1. The second-order valence-corrected chi connectivity index (χ2v) is 6.91. The van der Waals surface area contributed by atoms with E-state index in [0.717, 1.165) is 24.3 Å². The molecular weight excluding hydrogens is 272 g/mol. The van der Waals surface area contributed by atoms with Crippen LogP contribution in [-0.2, 0) is 11.3 Å². The third-order valence-corrected chi connectivity index (χ3v) is 5.33. The summed E-state index contributed by atoms with van der Waals surface area (Å²) < 4.78 is 0.675. The highest BCUT2D eigenvalue weighted by molar-refractivity contribution is 7.15. The SMILES string of the molecule is O=C(O)C1C2CCC(C2)C1NCc1ncc(Cl)s1. The van der Waals surface area contributed by atoms with Gasteiger partial charge in [-0.2, -0.15) is 0 Å². The molecule has 0 saturated heterocycles. The number of aliphatic carboxylic acids is 1. The molecule has 4 unspecified atom stereocenters. The third kappa shape index (κ3) is 2.15. The van der Waals surface area contributed by atoms with Crippen LogP contribution in [0.15, 0.2) is 6.20 Å². The summed E-state index contributed by atoms with van der Waals surface area (Å²) in [5.41, 5.74) is 0. The van der Waals surface area contributed by atoms with Gasteiger partial charge in [0.15, 0.2) is 0 Å². The Morgan fingerprint density at radius 1 is 1.56 bits per heavy atom. The molecular formula is C12H15ClN2O2S. The lowest BCUT2D eigenvalue weighted by atomic mass is 9.84. The van der Waals surface area contributed by atoms with Crippen molar-refractivity contribution in [2.45, 2.75) is 31.8 Å². The Morgan fingerprint density at radius 2 is 2.33 bits per heavy atom. The highest BCUT2D eigenvalue weighted by atomic mass is 35.5. The fourth-order valence-corrected chi connectivity index (χ4v) is 4.42. The number of thiazole rings is 1. The number of carboxylic acids is 1. The standard InChI is InChI=1S/C12H15ClN2O2S/c13-8-4-14-9(18-8)5-15-11-7-2-1-6(3-7)10(11)12(16)17/h4,6-7,10-11,15H,1-3,5H2,(H,16,17). The van der Waals surface area contributed by atoms with E-state index >= 15 is 0 Å². The van der Waals surface area contributed by atoms with Gasteiger partial charge in [-0.05, 0) is 31.1 Å². The van der Waals surface area contributed by atoms with Gasteiger partial charge in [0.25, 0.3) is 0 Å². The molecule has 4 nitrogen and oxygen atoms in total. The monoisotopic (exact) mass is 286 g/mol. The lowest BCUT2D eigenvalue weighted by Gasteiger charge is -2.28. The van der Waals surface area contributed by atoms with Gasteiger partial charge in [-0.15, -0.1) is 11.3 Å². The van der Waals surface area contributed by atoms with Crippen molar-refractivity contribution in [2.24, 2.45) is 17.8 Å². The number of carbonyl (C=O) groups is 1. The van der Waals surface area contributed by atoms with E-state index in [1.165, 1.54) is 11.3 Å². The van der Waals surface area contributed by atoms with E-state index in [0.29, 0.717) is 22.7 Å². The number of hydrogen-bond acceptors (Lipinski definition) is 4. The van der Waals surface area contributed by atoms with Gasteiger partial charge in [-0.1, -0.05) is 11.6 Å². The predicted octanol–water partition coefficient (Wildman–Crippen LogP) is 2.39. The zero-order valence-electron chi connectivity index (χ0n) is 9.80. The summed E-state index contributed by atoms with van der Waals surface area (Å²) >= 11 is 7.28. The van der Waals surface area contributed by atoms with Gasteiger partial charge < -0.3 is 10.4 Å². The molecule has 2 saturated carbocycles. The molecule has 1 heterocycles. The van der Waals surface area contributed by atoms with E-state index in [9.17, 15) is 9.90 Å². The van der Waals surface area contributed by atoms with E-state index in [1.807, 2.05) is 0 Å². The molecule has 0 aliphatic heterocycles. The maximum Gasteiger partial charge on any atom is 0.308 e. The fourth-order valence-electron chi connectivity index (χ4n) is 3.52. The highest BCUT2D eigenvalue weighted by Gasteiger charge is 2.50. The molecule has 2 N–H and O–H groups in total. The summed E-state index contributed by atoms with van der Waals surface area (Å²) in [7, 11) is 0. The van der Waals surface area contributed by atoms with Crippen LogP contribution >= 0.6 is 22.9 Å². The van der Waals surface area contributed by atoms with Gasteiger partial charge in [0.05, 0.1) is 12.1 Å². The van der Waals surface area contributed by atoms with Gasteiger partial charge >= 0.3 is 5.97 Å². The topological polar surface area (TPSA) is 62.2 Å². The van der Waals surface area contributed by atoms with Crippen molar-refractivity contribution >= 4 is 28.9 Å². The molecule has 0 aromatic carbocycles. The molecule has 4 atom stereocenters. The van der Waals surface area contributed by atoms with Crippen LogP contribution < -0.4 is 5.32 Å². The van der Waals surface area contributed by atoms with E-state index in [1.54, 1.807) is 6.20 Å². The molecule has 98 valence electrons. The lowest BCUT2D eigenvalue weighted by molar-refractivity contribution is -0.144. The number of hydrogen-bond donors (Lipinski definition) is 2. The van der Waals surface area contributed by atoms with Crippen molar-refractivity contribution in [3.8, 4) is 0 Å². The van der Waals surface area contributed by atoms with E-state index in [-0.39, 0.29) is 12.0 Å². The minimum absolute atomic E-state index is 0.101. The van der Waals surface area contributed by atoms with Crippen LogP contribution in [-0.4, -0.2) is 22.1 Å². The minimum Gasteiger partial charge on any atom is -0.481 e. The van der Waals surface area contributed by atoms with Gasteiger partial charge in [0, 0.05) is 12.6 Å². The Hall–Kier alpha value is -0.650. The lowest BCUT2D eigenvalue weighted by Crippen LogP contribution is -2.43. The Morgan fingerprint density at radius 3 is 3.00 bits per heavy atom. The molecule has 0 amide bonds. The molecule has 3 rings (SSSR count). The largest absolute Gasteiger partial charge is 0.481 e. The Bertz CT molecular complexity index is 465. The number of nitrogens with one attached hydrogen (secondary N) is 1. The van der Waals surface area contributed by atoms with Crippen LogP contribution in [0.4, 0.5) is 0 Å². The van der Waals surface area contributed by atoms with Crippen molar-refractivity contribution in [3.05, 3.63) is 15.5 Å². The average molecular weight is 287 g/mol. The fraction of sp³-hybridized carbons (Fsp3) is 0.667. The van der Waals surface area contributed by atoms with Crippen LogP contribution in [0.2, 0.25) is 4.34 Å². The van der Waals surface area contributed by atoms with E-state index < -0.39 is 5.97 Å². The van der Waals surface area contributed by atoms with Crippen LogP contribution in [0.3, 0.4) is 0 Å². The summed E-state index contributed by atoms with van der Waals surface area (Å²) in [5.74, 6) is 0.00692. The molecule has 1 aromatic heterocycles. The van der Waals surface area contributed by atoms with Gasteiger partial charge in [0.1, 0.15) is 9.34 Å². The van der Waals surface area contributed by atoms with Crippen LogP contribution in [0.5, 0.6) is 0 Å². The van der Waals surface area contributed by atoms with E-state index in [2.05, 4.69) is 10.3 Å². The van der Waals surface area contributed by atoms with Crippen molar-refractivity contribution < 1.29 is 9.90 Å². The predicted molar refractivity (Wildman–Crippen MR) is 69.7 cm³/mol. The first-order chi connectivity index (χ1) is 8.65. The summed E-state index contributed by atoms with van der Waals surface area (Å²) in [6.07, 6.45) is 4.93. The van der Waals surface area contributed by atoms with Gasteiger partial charge in [-0.3, -0.25) is 4.79 Å². The zero-order chi connectivity index (χ0) is 12.7. The van der Waals surface area contributed by atoms with Gasteiger partial charge in [-0.25, -0.2) is 4.98 Å². The number of halogens is 1. The molecule has 2 aliphatic carbocycles. The second kappa shape index (κ2) is 4.79. The quantitative estimate of drug-likeness (QED) is 0.892. The average Bonchev–Trinajstić information content (AvgIpc) is 3.00. The Kier molecular flexibility index (Phi) is 3.30. The van der Waals surface area contributed by atoms with Gasteiger partial charge in [0.2, 0.25) is 0 Å². The summed E-state index contributed by atoms with van der Waals surface area (Å²) in [6.45, 7) is 0.620. The number of nitrogens with zero attached hydrogens (tertiary/aromatic N) is 1. The molecule has 0 spiro atoms. The third-order valence-electron chi connectivity index (χ3n) is 4.22. The molecule has 2 bridgehead atoms. The van der Waals surface area contributed by atoms with Crippen molar-refractivity contribution in [1.82, 2.24) is 10.3 Å². The van der Waals surface area contributed by atoms with Crippen LogP contribution in [0.1, 0.15) is 24.3 Å². The maximum atomic E-state index is 11.3. The summed E-state index contributed by atoms with van der Waals surface area (Å²) in [6, 6.07) is 0.101. The van der Waals surface area contributed by atoms with Crippen molar-refractivity contribution in [1.29, 1.82) is 0 Å². The van der Waals surface area contributed by atoms with Crippen molar-refractivity contribution in [3.63, 3.8) is 0 Å². The summed E-state index contributed by atoms with van der Waals surface area (Å²) in [5, 5.41) is 13.6. The molecule has 6 heteroatoms. The smallest absolute Gasteiger partial charge is 0.308 e. The molecule has 1 aromatic rings. The van der Waals surface area contributed by atoms with Crippen molar-refractivity contribution in [2.75, 3.05) is 0 Å². The zero-order valence-corrected chi connectivity index (χ0v) is 11.4.